The minimum absolute atomic E-state index is 0.0116. The van der Waals surface area contributed by atoms with Crippen LogP contribution in [-0.4, -0.2) is 16.9 Å². The Labute approximate surface area is 497 Å². The number of carbonyl (C=O) groups is 2. The molecule has 2 amide bonds. The topological polar surface area (TPSA) is 125 Å². The average Bonchev–Trinajstić information content (AvgIpc) is 3.32. The third kappa shape index (κ3) is 15.0. The van der Waals surface area contributed by atoms with Crippen molar-refractivity contribution in [3.8, 4) is 40.2 Å². The molecule has 0 heterocycles. The Balaban J connectivity index is 1.15. The number of phenolic OH excluding ortho intramolecular Hbond substituents is 1. The standard InChI is InChI=1S/C62H47F5N2O9S5/c63-79-57-47(33-50(75-36-42-23-11-3-12-24-42)55(77-38-44-27-15-5-16-28-44)56(57)78-39-45-29-17-6-18-30-45)62(72)69(83-67)52-53(70)51(58(80-64)60(82-66)59(52)81-65)68-61(71)46-31-48(73-34-40-19-7-1-8-20-40)54(76-37-43-25-13-4-14-26-43)49(32-46)74-35-41-21-9-2-10-22-41/h1-33,70H,34-39H2,(H,68,71). The molecule has 0 aliphatic rings. The van der Waals surface area contributed by atoms with E-state index in [1.807, 2.05) is 91.0 Å². The van der Waals surface area contributed by atoms with Crippen molar-refractivity contribution in [1.82, 2.24) is 0 Å². The number of rotatable bonds is 27. The molecule has 11 nitrogen and oxygen atoms in total. The summed E-state index contributed by atoms with van der Waals surface area (Å²) in [5.74, 6) is -4.45. The zero-order chi connectivity index (χ0) is 57.9. The normalized spacial score (nSPS) is 10.9. The highest BCUT2D eigenvalue weighted by Crippen LogP contribution is 2.57. The maximum absolute atomic E-state index is 16.0. The maximum atomic E-state index is 16.0. The van der Waals surface area contributed by atoms with Crippen LogP contribution in [0.2, 0.25) is 0 Å². The molecule has 0 saturated heterocycles. The number of hydrogen-bond acceptors (Lipinski definition) is 14. The minimum Gasteiger partial charge on any atom is -0.504 e. The molecule has 0 fully saturated rings. The van der Waals surface area contributed by atoms with Gasteiger partial charge in [-0.05, 0) is 51.6 Å². The Hall–Kier alpha value is -8.08. The van der Waals surface area contributed by atoms with Crippen molar-refractivity contribution in [3.05, 3.63) is 245 Å². The number of carbonyl (C=O) groups excluding carboxylic acids is 2. The van der Waals surface area contributed by atoms with Crippen molar-refractivity contribution < 1.29 is 62.5 Å². The number of halogens is 5. The number of phenols is 1. The van der Waals surface area contributed by atoms with E-state index in [1.54, 1.807) is 91.0 Å². The van der Waals surface area contributed by atoms with Crippen LogP contribution in [0.25, 0.3) is 0 Å². The first-order chi connectivity index (χ1) is 40.7. The summed E-state index contributed by atoms with van der Waals surface area (Å²) in [6, 6.07) is 57.6. The number of amides is 2. The van der Waals surface area contributed by atoms with Crippen LogP contribution >= 0.6 is 60.9 Å². The number of hydrogen-bond donors (Lipinski definition) is 2. The zero-order valence-corrected chi connectivity index (χ0v) is 47.5. The number of nitrogens with one attached hydrogen (secondary N) is 1. The van der Waals surface area contributed by atoms with Crippen molar-refractivity contribution in [2.45, 2.75) is 59.2 Å². The molecule has 9 aromatic rings. The van der Waals surface area contributed by atoms with Gasteiger partial charge in [0.1, 0.15) is 51.0 Å². The molecule has 424 valence electrons. The van der Waals surface area contributed by atoms with Gasteiger partial charge in [0.15, 0.2) is 41.1 Å². The Bertz CT molecular complexity index is 3550. The monoisotopic (exact) mass is 1220 g/mol. The molecule has 0 radical (unpaired) electrons. The largest absolute Gasteiger partial charge is 0.504 e. The van der Waals surface area contributed by atoms with Gasteiger partial charge in [0.05, 0.1) is 73.7 Å². The Morgan fingerprint density at radius 3 is 1.11 bits per heavy atom. The number of benzene rings is 9. The van der Waals surface area contributed by atoms with Crippen molar-refractivity contribution in [2.75, 3.05) is 9.62 Å². The average molecular weight is 1220 g/mol. The van der Waals surface area contributed by atoms with Crippen molar-refractivity contribution in [2.24, 2.45) is 0 Å². The fourth-order valence-electron chi connectivity index (χ4n) is 8.31. The third-order valence-corrected chi connectivity index (χ3v) is 15.4. The summed E-state index contributed by atoms with van der Waals surface area (Å²) in [6.45, 7) is -0.431. The van der Waals surface area contributed by atoms with Gasteiger partial charge in [0.25, 0.3) is 11.8 Å². The minimum atomic E-state index is -1.48. The molecule has 83 heavy (non-hydrogen) atoms. The lowest BCUT2D eigenvalue weighted by atomic mass is 10.1. The second kappa shape index (κ2) is 29.8. The van der Waals surface area contributed by atoms with Gasteiger partial charge in [-0.25, -0.2) is 4.31 Å². The lowest BCUT2D eigenvalue weighted by Crippen LogP contribution is -2.25. The number of nitrogens with zero attached hydrogens (tertiary/aromatic N) is 1. The van der Waals surface area contributed by atoms with Crippen LogP contribution in [0.15, 0.2) is 220 Å². The van der Waals surface area contributed by atoms with Crippen LogP contribution in [0.1, 0.15) is 54.1 Å². The van der Waals surface area contributed by atoms with E-state index < -0.39 is 115 Å². The highest BCUT2D eigenvalue weighted by Gasteiger charge is 2.37. The Kier molecular flexibility index (Phi) is 21.3. The fourth-order valence-corrected chi connectivity index (χ4v) is 10.8. The second-order valence-electron chi connectivity index (χ2n) is 17.8. The SMILES string of the molecule is O=C(Nc1c(O)c(N(SF)C(=O)c2cc(OCc3ccccc3)c(OCc3ccccc3)c(OCc3ccccc3)c2SF)c(SF)c(SF)c1SF)c1cc(OCc2ccccc2)c(OCc2ccccc2)c(OCc2ccccc2)c1. The second-order valence-corrected chi connectivity index (χ2v) is 20.6. The van der Waals surface area contributed by atoms with E-state index in [-0.39, 0.29) is 84.0 Å². The van der Waals surface area contributed by atoms with Crippen LogP contribution in [-0.2, 0) is 39.6 Å². The van der Waals surface area contributed by atoms with Crippen molar-refractivity contribution >= 4 is 84.1 Å². The highest BCUT2D eigenvalue weighted by molar-refractivity contribution is 7.99. The highest BCUT2D eigenvalue weighted by atomic mass is 32.2. The van der Waals surface area contributed by atoms with E-state index in [0.29, 0.717) is 16.7 Å². The molecule has 9 aromatic carbocycles. The maximum Gasteiger partial charge on any atom is 0.272 e. The molecule has 0 saturated carbocycles. The van der Waals surface area contributed by atoms with Gasteiger partial charge in [-0.1, -0.05) is 182 Å². The lowest BCUT2D eigenvalue weighted by Gasteiger charge is -2.26. The third-order valence-electron chi connectivity index (χ3n) is 12.4. The van der Waals surface area contributed by atoms with Gasteiger partial charge in [-0.2, -0.15) is 15.5 Å². The summed E-state index contributed by atoms with van der Waals surface area (Å²) in [5.41, 5.74) is 1.33. The van der Waals surface area contributed by atoms with Gasteiger partial charge in [0, 0.05) is 5.56 Å². The molecule has 21 heteroatoms. The summed E-state index contributed by atoms with van der Waals surface area (Å²) in [5, 5.41) is 14.6. The molecule has 0 atom stereocenters. The molecule has 0 aromatic heterocycles. The first-order valence-electron chi connectivity index (χ1n) is 25.1. The van der Waals surface area contributed by atoms with Crippen molar-refractivity contribution in [1.29, 1.82) is 0 Å². The first-order valence-corrected chi connectivity index (χ1v) is 28.7. The molecule has 0 aliphatic carbocycles. The van der Waals surface area contributed by atoms with Gasteiger partial charge in [-0.15, -0.1) is 3.89 Å². The van der Waals surface area contributed by atoms with E-state index in [2.05, 4.69) is 5.32 Å². The summed E-state index contributed by atoms with van der Waals surface area (Å²) in [7, 11) is 0. The smallest absolute Gasteiger partial charge is 0.272 e. The molecule has 2 N–H and O–H groups in total. The van der Waals surface area contributed by atoms with Crippen LogP contribution < -0.4 is 38.0 Å². The zero-order valence-electron chi connectivity index (χ0n) is 43.4. The number of aromatic hydroxyl groups is 1. The summed E-state index contributed by atoms with van der Waals surface area (Å²) >= 11 is -3.52. The number of anilines is 2. The Morgan fingerprint density at radius 2 is 0.747 bits per heavy atom. The van der Waals surface area contributed by atoms with E-state index in [4.69, 9.17) is 28.4 Å². The van der Waals surface area contributed by atoms with Crippen molar-refractivity contribution in [3.63, 3.8) is 0 Å². The molecule has 0 aliphatic heterocycles. The number of ether oxygens (including phenoxy) is 6. The quantitative estimate of drug-likeness (QED) is 0.0288. The van der Waals surface area contributed by atoms with E-state index in [0.717, 1.165) is 22.8 Å². The van der Waals surface area contributed by atoms with Crippen LogP contribution in [0.5, 0.6) is 40.2 Å². The van der Waals surface area contributed by atoms with E-state index in [9.17, 15) is 9.90 Å². The fraction of sp³-hybridized carbons (Fsp3) is 0.0968. The van der Waals surface area contributed by atoms with Gasteiger partial charge < -0.3 is 38.8 Å². The van der Waals surface area contributed by atoms with Crippen LogP contribution in [0.3, 0.4) is 0 Å². The molecule has 0 spiro atoms. The molecule has 9 rings (SSSR count). The molecular formula is C62H47F5N2O9S5. The summed E-state index contributed by atoms with van der Waals surface area (Å²) < 4.78 is 116. The van der Waals surface area contributed by atoms with Crippen LogP contribution in [0, 0.1) is 0 Å². The Morgan fingerprint density at radius 1 is 0.410 bits per heavy atom. The molecule has 0 unspecified atom stereocenters. The lowest BCUT2D eigenvalue weighted by molar-refractivity contribution is 0.0999. The van der Waals surface area contributed by atoms with Gasteiger partial charge in [-0.3, -0.25) is 9.59 Å². The van der Waals surface area contributed by atoms with E-state index in [1.165, 1.54) is 12.1 Å². The van der Waals surface area contributed by atoms with Gasteiger partial charge >= 0.3 is 0 Å². The van der Waals surface area contributed by atoms with E-state index >= 15 is 24.2 Å². The molecule has 0 bridgehead atoms. The summed E-state index contributed by atoms with van der Waals surface area (Å²) in [6.07, 6.45) is 0. The van der Waals surface area contributed by atoms with Crippen LogP contribution in [0.4, 0.5) is 30.8 Å². The predicted molar refractivity (Wildman–Crippen MR) is 317 cm³/mol. The van der Waals surface area contributed by atoms with Gasteiger partial charge in [0.2, 0.25) is 11.5 Å². The molecular weight excluding hydrogens is 1170 g/mol. The summed E-state index contributed by atoms with van der Waals surface area (Å²) in [4.78, 5) is 26.6. The predicted octanol–water partition coefficient (Wildman–Crippen LogP) is 18.2. The first kappa shape index (κ1) is 59.5.